The summed E-state index contributed by atoms with van der Waals surface area (Å²) in [5.41, 5.74) is 0.965. The highest BCUT2D eigenvalue weighted by atomic mass is 28.3. The molecule has 1 N–H and O–H groups in total. The van der Waals surface area contributed by atoms with Crippen molar-refractivity contribution in [3.05, 3.63) is 35.9 Å². The number of hydrogen-bond acceptors (Lipinski definition) is 2. The zero-order valence-electron chi connectivity index (χ0n) is 6.95. The third kappa shape index (κ3) is 5.99. The van der Waals surface area contributed by atoms with Crippen molar-refractivity contribution in [3.63, 3.8) is 0 Å². The average Bonchev–Trinajstić information content (AvgIpc) is 2.08. The molecule has 62 valence electrons. The summed E-state index contributed by atoms with van der Waals surface area (Å²) < 4.78 is 4.53. The largest absolute Gasteiger partial charge is 0.471 e. The van der Waals surface area contributed by atoms with Crippen LogP contribution in [-0.4, -0.2) is 26.1 Å². The van der Waals surface area contributed by atoms with Crippen LogP contribution in [0.2, 0.25) is 0 Å². The Morgan fingerprint density at radius 1 is 1.18 bits per heavy atom. The van der Waals surface area contributed by atoms with Crippen LogP contribution in [0.15, 0.2) is 30.3 Å². The van der Waals surface area contributed by atoms with Gasteiger partial charge in [0.15, 0.2) is 0 Å². The highest BCUT2D eigenvalue weighted by molar-refractivity contribution is 6.15. The van der Waals surface area contributed by atoms with E-state index in [9.17, 15) is 0 Å². The number of aliphatic hydroxyl groups is 1. The number of rotatable bonds is 1. The number of aliphatic hydroxyl groups excluding tert-OH is 1. The maximum Gasteiger partial charge on any atom is 0.129 e. The second kappa shape index (κ2) is 7.68. The first-order chi connectivity index (χ1) is 5.35. The Hall–Kier alpha value is -0.426. The monoisotopic (exact) mass is 186 g/mol. The molecule has 0 heterocycles. The average molecular weight is 186 g/mol. The molecule has 11 heavy (non-hydrogen) atoms. The first-order valence-corrected chi connectivity index (χ1v) is 5.03. The van der Waals surface area contributed by atoms with E-state index in [4.69, 9.17) is 5.11 Å². The topological polar surface area (TPSA) is 29.5 Å². The molecular weight excluding hydrogens is 172 g/mol. The predicted molar refractivity (Wildman–Crippen MR) is 53.3 cm³/mol. The van der Waals surface area contributed by atoms with Crippen LogP contribution >= 0.6 is 0 Å². The van der Waals surface area contributed by atoms with Gasteiger partial charge in [-0.3, -0.25) is 0 Å². The van der Waals surface area contributed by atoms with Gasteiger partial charge in [-0.05, 0) is 5.56 Å². The fraction of sp³-hybridized carbons (Fsp3) is 0.143. The SMILES string of the molecule is OCc1ccccc1.[SiH3]O[SiH3]. The van der Waals surface area contributed by atoms with Crippen LogP contribution in [0.5, 0.6) is 0 Å². The highest BCUT2D eigenvalue weighted by Crippen LogP contribution is 1.95. The third-order valence-corrected chi connectivity index (χ3v) is 1.03. The van der Waals surface area contributed by atoms with Crippen molar-refractivity contribution in [2.75, 3.05) is 0 Å². The van der Waals surface area contributed by atoms with Crippen molar-refractivity contribution in [3.8, 4) is 0 Å². The van der Waals surface area contributed by atoms with E-state index in [0.717, 1.165) is 26.5 Å². The van der Waals surface area contributed by atoms with Crippen LogP contribution < -0.4 is 0 Å². The normalized spacial score (nSPS) is 8.82. The minimum absolute atomic E-state index is 0.140. The fourth-order valence-corrected chi connectivity index (χ4v) is 0.583. The van der Waals surface area contributed by atoms with Gasteiger partial charge in [0.1, 0.15) is 21.0 Å². The van der Waals surface area contributed by atoms with E-state index < -0.39 is 0 Å². The Morgan fingerprint density at radius 2 is 1.64 bits per heavy atom. The van der Waals surface area contributed by atoms with Crippen molar-refractivity contribution in [1.29, 1.82) is 0 Å². The Bertz CT molecular complexity index is 167. The zero-order chi connectivity index (χ0) is 8.53. The minimum Gasteiger partial charge on any atom is -0.471 e. The van der Waals surface area contributed by atoms with Gasteiger partial charge < -0.3 is 9.22 Å². The van der Waals surface area contributed by atoms with Crippen molar-refractivity contribution in [1.82, 2.24) is 0 Å². The summed E-state index contributed by atoms with van der Waals surface area (Å²) in [5, 5.41) is 8.54. The van der Waals surface area contributed by atoms with E-state index in [-0.39, 0.29) is 6.61 Å². The summed E-state index contributed by atoms with van der Waals surface area (Å²) >= 11 is 0. The van der Waals surface area contributed by atoms with E-state index >= 15 is 0 Å². The van der Waals surface area contributed by atoms with Crippen LogP contribution in [0.1, 0.15) is 5.56 Å². The van der Waals surface area contributed by atoms with E-state index in [1.807, 2.05) is 30.3 Å². The molecule has 0 spiro atoms. The lowest BCUT2D eigenvalue weighted by Crippen LogP contribution is -1.77. The van der Waals surface area contributed by atoms with Gasteiger partial charge in [0.2, 0.25) is 0 Å². The Morgan fingerprint density at radius 3 is 1.91 bits per heavy atom. The molecule has 0 aliphatic carbocycles. The Balaban J connectivity index is 0.000000292. The van der Waals surface area contributed by atoms with E-state index in [1.54, 1.807) is 0 Å². The maximum atomic E-state index is 8.54. The summed E-state index contributed by atoms with van der Waals surface area (Å²) in [6.07, 6.45) is 0. The molecule has 2 nitrogen and oxygen atoms in total. The molecule has 1 aromatic carbocycles. The van der Waals surface area contributed by atoms with Gasteiger partial charge in [-0.15, -0.1) is 0 Å². The second-order valence-electron chi connectivity index (χ2n) is 2.05. The van der Waals surface area contributed by atoms with Crippen molar-refractivity contribution < 1.29 is 9.22 Å². The standard InChI is InChI=1S/C7H8O.H6OSi2/c8-6-7-4-2-1-3-5-7;2-1-3/h1-5,8H,6H2;2-3H3. The van der Waals surface area contributed by atoms with Gasteiger partial charge in [0, 0.05) is 0 Å². The predicted octanol–water partition coefficient (Wildman–Crippen LogP) is -1.26. The van der Waals surface area contributed by atoms with Gasteiger partial charge in [-0.2, -0.15) is 0 Å². The number of benzene rings is 1. The minimum atomic E-state index is 0.140. The lowest BCUT2D eigenvalue weighted by Gasteiger charge is -1.89. The van der Waals surface area contributed by atoms with Crippen LogP contribution in [0, 0.1) is 0 Å². The number of hydrogen-bond donors (Lipinski definition) is 1. The lowest BCUT2D eigenvalue weighted by atomic mass is 10.2. The van der Waals surface area contributed by atoms with Crippen LogP contribution in [0.3, 0.4) is 0 Å². The molecule has 0 saturated carbocycles. The third-order valence-electron chi connectivity index (χ3n) is 1.03. The molecule has 0 aliphatic rings. The molecule has 0 atom stereocenters. The van der Waals surface area contributed by atoms with E-state index in [2.05, 4.69) is 4.12 Å². The molecule has 0 aromatic heterocycles. The Kier molecular flexibility index (Phi) is 7.38. The Labute approximate surface area is 73.3 Å². The van der Waals surface area contributed by atoms with Gasteiger partial charge in [-0.1, -0.05) is 30.3 Å². The summed E-state index contributed by atoms with van der Waals surface area (Å²) in [6.45, 7) is 0.140. The second-order valence-corrected chi connectivity index (χ2v) is 5.32. The first-order valence-electron chi connectivity index (χ1n) is 3.40. The molecule has 1 aromatic rings. The summed E-state index contributed by atoms with van der Waals surface area (Å²) in [7, 11) is 1.86. The fourth-order valence-electron chi connectivity index (χ4n) is 0.583. The summed E-state index contributed by atoms with van der Waals surface area (Å²) in [5.74, 6) is 0. The molecule has 4 heteroatoms. The summed E-state index contributed by atoms with van der Waals surface area (Å²) in [4.78, 5) is 0. The molecule has 0 bridgehead atoms. The molecule has 0 radical (unpaired) electrons. The summed E-state index contributed by atoms with van der Waals surface area (Å²) in [6, 6.07) is 9.52. The molecular formula is C7H14O2Si2. The zero-order valence-corrected chi connectivity index (χ0v) is 10.9. The maximum absolute atomic E-state index is 8.54. The molecule has 1 rings (SSSR count). The molecule has 0 unspecified atom stereocenters. The van der Waals surface area contributed by atoms with Crippen LogP contribution in [0.25, 0.3) is 0 Å². The van der Waals surface area contributed by atoms with E-state index in [1.165, 1.54) is 0 Å². The van der Waals surface area contributed by atoms with Gasteiger partial charge in [-0.25, -0.2) is 0 Å². The quantitative estimate of drug-likeness (QED) is 0.555. The van der Waals surface area contributed by atoms with Gasteiger partial charge >= 0.3 is 0 Å². The van der Waals surface area contributed by atoms with Crippen molar-refractivity contribution in [2.45, 2.75) is 6.61 Å². The van der Waals surface area contributed by atoms with Gasteiger partial charge in [0.05, 0.1) is 6.61 Å². The van der Waals surface area contributed by atoms with Gasteiger partial charge in [0.25, 0.3) is 0 Å². The first kappa shape index (κ1) is 10.6. The molecule has 0 saturated heterocycles. The van der Waals surface area contributed by atoms with Crippen LogP contribution in [0.4, 0.5) is 0 Å². The molecule has 0 aliphatic heterocycles. The highest BCUT2D eigenvalue weighted by Gasteiger charge is 1.81. The molecule has 0 fully saturated rings. The van der Waals surface area contributed by atoms with E-state index in [0.29, 0.717) is 0 Å². The lowest BCUT2D eigenvalue weighted by molar-refractivity contribution is 0.282. The molecule has 0 amide bonds. The van der Waals surface area contributed by atoms with Crippen molar-refractivity contribution >= 4 is 21.0 Å². The van der Waals surface area contributed by atoms with Crippen LogP contribution in [-0.2, 0) is 10.7 Å². The van der Waals surface area contributed by atoms with Crippen molar-refractivity contribution in [2.24, 2.45) is 0 Å². The smallest absolute Gasteiger partial charge is 0.129 e.